The van der Waals surface area contributed by atoms with Crippen LogP contribution >= 0.6 is 0 Å². The van der Waals surface area contributed by atoms with E-state index >= 15 is 0 Å². The Hall–Kier alpha value is -2.38. The summed E-state index contributed by atoms with van der Waals surface area (Å²) in [6.07, 6.45) is 0.461. The van der Waals surface area contributed by atoms with E-state index in [4.69, 9.17) is 4.74 Å². The van der Waals surface area contributed by atoms with E-state index in [2.05, 4.69) is 0 Å². The van der Waals surface area contributed by atoms with Crippen molar-refractivity contribution < 1.29 is 17.9 Å². The third kappa shape index (κ3) is 2.27. The van der Waals surface area contributed by atoms with E-state index in [0.717, 1.165) is 11.3 Å². The number of carbonyl (C=O) groups excluding carboxylic acids is 1. The van der Waals surface area contributed by atoms with Crippen LogP contribution < -0.4 is 9.64 Å². The van der Waals surface area contributed by atoms with Crippen molar-refractivity contribution in [1.82, 2.24) is 4.31 Å². The second-order valence-corrected chi connectivity index (χ2v) is 8.67. The van der Waals surface area contributed by atoms with Gasteiger partial charge < -0.3 is 9.64 Å². The predicted octanol–water partition coefficient (Wildman–Crippen LogP) is 2.00. The van der Waals surface area contributed by atoms with Gasteiger partial charge in [-0.3, -0.25) is 4.79 Å². The van der Waals surface area contributed by atoms with E-state index in [-0.39, 0.29) is 17.3 Å². The van der Waals surface area contributed by atoms with Crippen LogP contribution in [-0.2, 0) is 20.2 Å². The summed E-state index contributed by atoms with van der Waals surface area (Å²) in [5.41, 5.74) is 0.811. The summed E-state index contributed by atoms with van der Waals surface area (Å²) in [7, 11) is -0.318. The maximum absolute atomic E-state index is 13.1. The molecule has 0 aliphatic carbocycles. The molecule has 2 heterocycles. The van der Waals surface area contributed by atoms with Crippen LogP contribution in [0.25, 0.3) is 0 Å². The van der Waals surface area contributed by atoms with Gasteiger partial charge in [0.1, 0.15) is 5.75 Å². The molecule has 2 aliphatic heterocycles. The van der Waals surface area contributed by atoms with Crippen molar-refractivity contribution in [2.75, 3.05) is 32.1 Å². The van der Waals surface area contributed by atoms with Gasteiger partial charge in [0.25, 0.3) is 0 Å². The maximum Gasteiger partial charge on any atom is 0.243 e. The number of sulfonamides is 1. The van der Waals surface area contributed by atoms with Crippen LogP contribution in [0.1, 0.15) is 12.0 Å². The summed E-state index contributed by atoms with van der Waals surface area (Å²) in [5, 5.41) is 0. The first kappa shape index (κ1) is 17.1. The Kier molecular flexibility index (Phi) is 3.82. The van der Waals surface area contributed by atoms with Crippen molar-refractivity contribution in [3.05, 3.63) is 54.1 Å². The molecule has 2 aromatic carbocycles. The lowest BCUT2D eigenvalue weighted by atomic mass is 9.81. The fourth-order valence-corrected chi connectivity index (χ4v) is 5.50. The Labute approximate surface area is 153 Å². The van der Waals surface area contributed by atoms with E-state index in [0.29, 0.717) is 18.7 Å². The Morgan fingerprint density at radius 1 is 1.12 bits per heavy atom. The third-order valence-electron chi connectivity index (χ3n) is 5.41. The predicted molar refractivity (Wildman–Crippen MR) is 97.9 cm³/mol. The molecule has 136 valence electrons. The van der Waals surface area contributed by atoms with Crippen LogP contribution in [-0.4, -0.2) is 45.9 Å². The monoisotopic (exact) mass is 372 g/mol. The highest BCUT2D eigenvalue weighted by Gasteiger charge is 2.55. The van der Waals surface area contributed by atoms with Gasteiger partial charge in [0, 0.05) is 25.8 Å². The van der Waals surface area contributed by atoms with Gasteiger partial charge >= 0.3 is 0 Å². The van der Waals surface area contributed by atoms with Crippen molar-refractivity contribution in [3.8, 4) is 5.75 Å². The van der Waals surface area contributed by atoms with E-state index < -0.39 is 15.4 Å². The number of benzene rings is 2. The average Bonchev–Trinajstić information content (AvgIpc) is 3.21. The minimum atomic E-state index is -3.63. The van der Waals surface area contributed by atoms with Crippen LogP contribution in [0.15, 0.2) is 53.4 Å². The fourth-order valence-electron chi connectivity index (χ4n) is 3.98. The quantitative estimate of drug-likeness (QED) is 0.827. The topological polar surface area (TPSA) is 66.9 Å². The molecule has 2 aromatic rings. The Bertz CT molecular complexity index is 974. The summed E-state index contributed by atoms with van der Waals surface area (Å²) >= 11 is 0. The molecule has 1 amide bonds. The van der Waals surface area contributed by atoms with Gasteiger partial charge in [-0.1, -0.05) is 18.2 Å². The standard InChI is InChI=1S/C19H20N2O4S/c1-20-17-9-8-14(25-2)12-16(17)19(18(20)22)10-11-21(13-19)26(23,24)15-6-4-3-5-7-15/h3-9,12H,10-11,13H2,1-2H3/t19-/m1/s1. The first-order chi connectivity index (χ1) is 12.4. The van der Waals surface area contributed by atoms with Crippen molar-refractivity contribution in [2.45, 2.75) is 16.7 Å². The molecule has 0 bridgehead atoms. The minimum Gasteiger partial charge on any atom is -0.497 e. The van der Waals surface area contributed by atoms with Crippen LogP contribution in [0.2, 0.25) is 0 Å². The van der Waals surface area contributed by atoms with Crippen LogP contribution in [0, 0.1) is 0 Å². The molecule has 6 nitrogen and oxygen atoms in total. The molecule has 26 heavy (non-hydrogen) atoms. The Morgan fingerprint density at radius 3 is 2.54 bits per heavy atom. The molecule has 1 spiro atoms. The van der Waals surface area contributed by atoms with Crippen molar-refractivity contribution in [1.29, 1.82) is 0 Å². The lowest BCUT2D eigenvalue weighted by Crippen LogP contribution is -2.42. The third-order valence-corrected chi connectivity index (χ3v) is 7.27. The second-order valence-electron chi connectivity index (χ2n) is 6.73. The number of fused-ring (bicyclic) bond motifs is 2. The molecule has 0 aromatic heterocycles. The number of rotatable bonds is 3. The Morgan fingerprint density at radius 2 is 1.85 bits per heavy atom. The van der Waals surface area contributed by atoms with Gasteiger partial charge in [0.15, 0.2) is 0 Å². The molecule has 0 N–H and O–H groups in total. The lowest BCUT2D eigenvalue weighted by molar-refractivity contribution is -0.122. The Balaban J connectivity index is 1.75. The van der Waals surface area contributed by atoms with Gasteiger partial charge in [-0.05, 0) is 42.3 Å². The smallest absolute Gasteiger partial charge is 0.243 e. The molecule has 1 atom stereocenters. The number of amides is 1. The highest BCUT2D eigenvalue weighted by Crippen LogP contribution is 2.48. The maximum atomic E-state index is 13.1. The zero-order valence-electron chi connectivity index (χ0n) is 14.7. The minimum absolute atomic E-state index is 0.0634. The molecular formula is C19H20N2O4S. The normalized spacial score (nSPS) is 22.8. The summed E-state index contributed by atoms with van der Waals surface area (Å²) in [4.78, 5) is 14.9. The molecule has 2 aliphatic rings. The molecule has 1 saturated heterocycles. The number of ether oxygens (including phenoxy) is 1. The highest BCUT2D eigenvalue weighted by molar-refractivity contribution is 7.89. The number of carbonyl (C=O) groups is 1. The molecule has 0 saturated carbocycles. The van der Waals surface area contributed by atoms with Crippen LogP contribution in [0.5, 0.6) is 5.75 Å². The first-order valence-corrected chi connectivity index (χ1v) is 9.86. The summed E-state index contributed by atoms with van der Waals surface area (Å²) in [6.45, 7) is 0.459. The zero-order chi connectivity index (χ0) is 18.5. The van der Waals surface area contributed by atoms with E-state index in [1.807, 2.05) is 18.2 Å². The SMILES string of the molecule is COc1ccc2c(c1)[C@]1(CCN(S(=O)(=O)c3ccccc3)C1)C(=O)N2C. The number of hydrogen-bond donors (Lipinski definition) is 0. The number of methoxy groups -OCH3 is 1. The molecule has 7 heteroatoms. The number of nitrogens with zero attached hydrogens (tertiary/aromatic N) is 2. The average molecular weight is 372 g/mol. The number of likely N-dealkylation sites (N-methyl/N-ethyl adjacent to an activating group) is 1. The number of anilines is 1. The first-order valence-electron chi connectivity index (χ1n) is 8.42. The summed E-state index contributed by atoms with van der Waals surface area (Å²) in [5.74, 6) is 0.599. The highest BCUT2D eigenvalue weighted by atomic mass is 32.2. The largest absolute Gasteiger partial charge is 0.497 e. The van der Waals surface area contributed by atoms with Gasteiger partial charge in [-0.2, -0.15) is 4.31 Å². The number of hydrogen-bond acceptors (Lipinski definition) is 4. The van der Waals surface area contributed by atoms with Crippen LogP contribution in [0.3, 0.4) is 0 Å². The van der Waals surface area contributed by atoms with E-state index in [9.17, 15) is 13.2 Å². The van der Waals surface area contributed by atoms with Crippen molar-refractivity contribution >= 4 is 21.6 Å². The van der Waals surface area contributed by atoms with Gasteiger partial charge in [0.2, 0.25) is 15.9 Å². The van der Waals surface area contributed by atoms with Gasteiger partial charge in [-0.25, -0.2) is 8.42 Å². The molecule has 4 rings (SSSR count). The molecular weight excluding hydrogens is 352 g/mol. The second kappa shape index (κ2) is 5.82. The zero-order valence-corrected chi connectivity index (χ0v) is 15.5. The van der Waals surface area contributed by atoms with Gasteiger partial charge in [0.05, 0.1) is 17.4 Å². The van der Waals surface area contributed by atoms with E-state index in [1.165, 1.54) is 4.31 Å². The summed E-state index contributed by atoms with van der Waals surface area (Å²) in [6, 6.07) is 13.9. The van der Waals surface area contributed by atoms with Crippen molar-refractivity contribution in [2.24, 2.45) is 0 Å². The molecule has 1 fully saturated rings. The van der Waals surface area contributed by atoms with E-state index in [1.54, 1.807) is 49.4 Å². The molecule has 0 unspecified atom stereocenters. The molecule has 0 radical (unpaired) electrons. The summed E-state index contributed by atoms with van der Waals surface area (Å²) < 4.78 is 32.7. The van der Waals surface area contributed by atoms with Gasteiger partial charge in [-0.15, -0.1) is 0 Å². The van der Waals surface area contributed by atoms with Crippen molar-refractivity contribution in [3.63, 3.8) is 0 Å². The van der Waals surface area contributed by atoms with Crippen LogP contribution in [0.4, 0.5) is 5.69 Å². The fraction of sp³-hybridized carbons (Fsp3) is 0.316. The lowest BCUT2D eigenvalue weighted by Gasteiger charge is -2.23.